The van der Waals surface area contributed by atoms with E-state index in [0.29, 0.717) is 5.41 Å². The molecule has 1 aromatic rings. The third-order valence-corrected chi connectivity index (χ3v) is 7.45. The van der Waals surface area contributed by atoms with E-state index < -0.39 is 0 Å². The quantitative estimate of drug-likeness (QED) is 0.677. The molecule has 0 nitrogen and oxygen atoms in total. The lowest BCUT2D eigenvalue weighted by atomic mass is 9.84. The Morgan fingerprint density at radius 1 is 1.00 bits per heavy atom. The molecule has 0 heterocycles. The Hall–Kier alpha value is -1.08. The zero-order chi connectivity index (χ0) is 16.3. The molecule has 0 N–H and O–H groups in total. The summed E-state index contributed by atoms with van der Waals surface area (Å²) in [6, 6.07) is 11.2. The van der Waals surface area contributed by atoms with Crippen LogP contribution < -0.4 is 5.19 Å². The van der Waals surface area contributed by atoms with Crippen molar-refractivity contribution in [3.8, 4) is 0 Å². The van der Waals surface area contributed by atoms with Crippen LogP contribution >= 0.6 is 0 Å². The summed E-state index contributed by atoms with van der Waals surface area (Å²) in [5, 5.41) is 3.39. The number of hydrogen-bond acceptors (Lipinski definition) is 0. The molecule has 0 amide bonds. The monoisotopic (exact) mass is 324 g/mol. The second-order valence-electron chi connectivity index (χ2n) is 8.62. The Morgan fingerprint density at radius 3 is 2.35 bits per heavy atom. The largest absolute Gasteiger partial charge is 0.0832 e. The van der Waals surface area contributed by atoms with Gasteiger partial charge < -0.3 is 0 Å². The fraction of sp³-hybridized carbons (Fsp3) is 0.545. The van der Waals surface area contributed by atoms with E-state index in [-0.39, 0.29) is 9.52 Å². The van der Waals surface area contributed by atoms with E-state index in [1.165, 1.54) is 44.9 Å². The minimum absolute atomic E-state index is 0.297. The highest BCUT2D eigenvalue weighted by atomic mass is 28.2. The first-order chi connectivity index (χ1) is 11.0. The molecule has 0 bridgehead atoms. The van der Waals surface area contributed by atoms with Crippen molar-refractivity contribution in [2.24, 2.45) is 11.3 Å². The Bertz CT molecular complexity index is 580. The normalized spacial score (nSPS) is 20.6. The lowest BCUT2D eigenvalue weighted by Gasteiger charge is -2.22. The highest BCUT2D eigenvalue weighted by Gasteiger charge is 2.26. The molecular weight excluding hydrogens is 292 g/mol. The molecule has 1 heteroatoms. The summed E-state index contributed by atoms with van der Waals surface area (Å²) >= 11 is 0. The molecule has 1 saturated carbocycles. The third kappa shape index (κ3) is 4.47. The van der Waals surface area contributed by atoms with Crippen molar-refractivity contribution in [2.45, 2.75) is 65.7 Å². The topological polar surface area (TPSA) is 0 Å². The highest BCUT2D eigenvalue weighted by molar-refractivity contribution is 6.61. The van der Waals surface area contributed by atoms with Gasteiger partial charge in [0, 0.05) is 0 Å². The predicted molar refractivity (Wildman–Crippen MR) is 105 cm³/mol. The van der Waals surface area contributed by atoms with Gasteiger partial charge in [0.1, 0.15) is 0 Å². The van der Waals surface area contributed by atoms with Crippen LogP contribution in [0.5, 0.6) is 0 Å². The Morgan fingerprint density at radius 2 is 1.70 bits per heavy atom. The van der Waals surface area contributed by atoms with Gasteiger partial charge in [-0.2, -0.15) is 0 Å². The van der Waals surface area contributed by atoms with Crippen molar-refractivity contribution >= 4 is 14.7 Å². The van der Waals surface area contributed by atoms with E-state index in [0.717, 1.165) is 5.92 Å². The van der Waals surface area contributed by atoms with Crippen LogP contribution in [0, 0.1) is 11.3 Å². The fourth-order valence-electron chi connectivity index (χ4n) is 4.37. The first-order valence-corrected chi connectivity index (χ1v) is 10.9. The first-order valence-electron chi connectivity index (χ1n) is 9.48. The van der Waals surface area contributed by atoms with Crippen molar-refractivity contribution in [1.82, 2.24) is 0 Å². The SMILES string of the molecule is CC(C)(C)C1=C([SiH2]c2ccccc2)CC(CC2CCCCC2)=C1. The van der Waals surface area contributed by atoms with Gasteiger partial charge in [0.2, 0.25) is 0 Å². The molecule has 0 saturated heterocycles. The number of rotatable bonds is 4. The van der Waals surface area contributed by atoms with E-state index in [4.69, 9.17) is 0 Å². The van der Waals surface area contributed by atoms with E-state index in [2.05, 4.69) is 57.2 Å². The highest BCUT2D eigenvalue weighted by Crippen LogP contribution is 2.40. The maximum Gasteiger partial charge on any atom is 0.0832 e. The van der Waals surface area contributed by atoms with Gasteiger partial charge in [-0.25, -0.2) is 0 Å². The van der Waals surface area contributed by atoms with Gasteiger partial charge in [-0.15, -0.1) is 0 Å². The summed E-state index contributed by atoms with van der Waals surface area (Å²) in [5.74, 6) is 0.967. The van der Waals surface area contributed by atoms with Gasteiger partial charge in [-0.1, -0.05) is 105 Å². The van der Waals surface area contributed by atoms with E-state index in [1.54, 1.807) is 21.5 Å². The number of benzene rings is 1. The van der Waals surface area contributed by atoms with Gasteiger partial charge in [0.05, 0.1) is 9.52 Å². The lowest BCUT2D eigenvalue weighted by Crippen LogP contribution is -2.19. The second kappa shape index (κ2) is 7.21. The standard InChI is InChI=1S/C22H32Si/c1-22(2,3)20-15-18(14-17-10-6-4-7-11-17)16-21(20)23-19-12-8-5-9-13-19/h5,8-9,12-13,15,17H,4,6-7,10-11,14,16,23H2,1-3H3. The van der Waals surface area contributed by atoms with Crippen molar-refractivity contribution in [2.75, 3.05) is 0 Å². The Labute approximate surface area is 144 Å². The Balaban J connectivity index is 1.73. The molecule has 1 fully saturated rings. The first kappa shape index (κ1) is 16.8. The van der Waals surface area contributed by atoms with Gasteiger partial charge in [0.15, 0.2) is 0 Å². The summed E-state index contributed by atoms with van der Waals surface area (Å²) in [6.45, 7) is 7.17. The number of allylic oxidation sites excluding steroid dienone is 4. The van der Waals surface area contributed by atoms with E-state index >= 15 is 0 Å². The summed E-state index contributed by atoms with van der Waals surface area (Å²) < 4.78 is 0. The molecule has 2 aliphatic rings. The molecule has 2 aliphatic carbocycles. The van der Waals surface area contributed by atoms with Crippen molar-refractivity contribution in [3.63, 3.8) is 0 Å². The third-order valence-electron chi connectivity index (χ3n) is 5.51. The molecular formula is C22H32Si. The zero-order valence-electron chi connectivity index (χ0n) is 15.2. The molecule has 0 aliphatic heterocycles. The average Bonchev–Trinajstić information content (AvgIpc) is 2.92. The van der Waals surface area contributed by atoms with Crippen molar-refractivity contribution < 1.29 is 0 Å². The minimum atomic E-state index is -0.304. The smallest absolute Gasteiger partial charge is 0.0750 e. The Kier molecular flexibility index (Phi) is 5.26. The molecule has 124 valence electrons. The van der Waals surface area contributed by atoms with Crippen LogP contribution in [0.4, 0.5) is 0 Å². The molecule has 0 aromatic heterocycles. The van der Waals surface area contributed by atoms with Crippen LogP contribution in [0.1, 0.15) is 65.7 Å². The summed E-state index contributed by atoms with van der Waals surface area (Å²) in [5.41, 5.74) is 3.70. The average molecular weight is 325 g/mol. The molecule has 3 rings (SSSR count). The fourth-order valence-corrected chi connectivity index (χ4v) is 6.64. The van der Waals surface area contributed by atoms with Crippen LogP contribution in [0.25, 0.3) is 0 Å². The number of hydrogen-bond donors (Lipinski definition) is 0. The van der Waals surface area contributed by atoms with Crippen molar-refractivity contribution in [1.29, 1.82) is 0 Å². The maximum atomic E-state index is 2.60. The van der Waals surface area contributed by atoms with Gasteiger partial charge >= 0.3 is 0 Å². The van der Waals surface area contributed by atoms with E-state index in [9.17, 15) is 0 Å². The van der Waals surface area contributed by atoms with Gasteiger partial charge in [0.25, 0.3) is 0 Å². The molecule has 0 spiro atoms. The molecule has 1 aromatic carbocycles. The lowest BCUT2D eigenvalue weighted by molar-refractivity contribution is 0.355. The van der Waals surface area contributed by atoms with Crippen LogP contribution in [0.3, 0.4) is 0 Å². The second-order valence-corrected chi connectivity index (χ2v) is 10.6. The van der Waals surface area contributed by atoms with Gasteiger partial charge in [-0.05, 0) is 29.7 Å². The van der Waals surface area contributed by atoms with Crippen LogP contribution in [0.15, 0.2) is 52.8 Å². The summed E-state index contributed by atoms with van der Waals surface area (Å²) in [4.78, 5) is 0. The van der Waals surface area contributed by atoms with Crippen LogP contribution in [-0.4, -0.2) is 9.52 Å². The predicted octanol–water partition coefficient (Wildman–Crippen LogP) is 5.08. The summed E-state index contributed by atoms with van der Waals surface area (Å²) in [7, 11) is -0.304. The molecule has 23 heavy (non-hydrogen) atoms. The minimum Gasteiger partial charge on any atom is -0.0750 e. The molecule has 0 unspecified atom stereocenters. The maximum absolute atomic E-state index is 2.60. The van der Waals surface area contributed by atoms with Gasteiger partial charge in [-0.3, -0.25) is 0 Å². The van der Waals surface area contributed by atoms with E-state index in [1.807, 2.05) is 0 Å². The zero-order valence-corrected chi connectivity index (χ0v) is 16.6. The van der Waals surface area contributed by atoms with Crippen LogP contribution in [0.2, 0.25) is 0 Å². The molecule has 0 radical (unpaired) electrons. The van der Waals surface area contributed by atoms with Crippen LogP contribution in [-0.2, 0) is 0 Å². The summed E-state index contributed by atoms with van der Waals surface area (Å²) in [6.07, 6.45) is 12.6. The van der Waals surface area contributed by atoms with Crippen molar-refractivity contribution in [3.05, 3.63) is 52.8 Å². The molecule has 0 atom stereocenters.